The maximum Gasteiger partial charge on any atom is 0.414 e. The molecular formula is C24H28ClNO9. The summed E-state index contributed by atoms with van der Waals surface area (Å²) in [6.07, 6.45) is 2.01. The summed E-state index contributed by atoms with van der Waals surface area (Å²) in [5, 5.41) is 38.3. The van der Waals surface area contributed by atoms with Crippen molar-refractivity contribution in [2.45, 2.75) is 38.3 Å². The van der Waals surface area contributed by atoms with Crippen molar-refractivity contribution in [1.29, 1.82) is 0 Å². The SMILES string of the molecule is CCOC(=O)COc1ccc2c(c1)CC(NC[C@@H](O)c1ccc(O)c(Cl)c1)CC2.O=C(O)C(=O)O. The molecule has 0 saturated carbocycles. The molecule has 2 atom stereocenters. The van der Waals surface area contributed by atoms with Gasteiger partial charge in [-0.15, -0.1) is 0 Å². The zero-order valence-corrected chi connectivity index (χ0v) is 19.8. The Hall–Kier alpha value is -3.34. The van der Waals surface area contributed by atoms with E-state index in [1.54, 1.807) is 19.1 Å². The lowest BCUT2D eigenvalue weighted by Gasteiger charge is -2.27. The van der Waals surface area contributed by atoms with E-state index >= 15 is 0 Å². The molecule has 1 aliphatic rings. The molecule has 11 heteroatoms. The Balaban J connectivity index is 0.000000641. The summed E-state index contributed by atoms with van der Waals surface area (Å²) in [5.74, 6) is -3.38. The molecule has 0 radical (unpaired) electrons. The van der Waals surface area contributed by atoms with Gasteiger partial charge >= 0.3 is 17.9 Å². The van der Waals surface area contributed by atoms with E-state index in [9.17, 15) is 15.0 Å². The van der Waals surface area contributed by atoms with E-state index in [0.717, 1.165) is 19.3 Å². The highest BCUT2D eigenvalue weighted by Gasteiger charge is 2.20. The van der Waals surface area contributed by atoms with Crippen molar-refractivity contribution in [3.63, 3.8) is 0 Å². The van der Waals surface area contributed by atoms with Crippen molar-refractivity contribution >= 4 is 29.5 Å². The van der Waals surface area contributed by atoms with Gasteiger partial charge in [-0.05, 0) is 67.1 Å². The van der Waals surface area contributed by atoms with Gasteiger partial charge in [0.05, 0.1) is 17.7 Å². The number of ether oxygens (including phenoxy) is 2. The second-order valence-electron chi connectivity index (χ2n) is 7.71. The lowest BCUT2D eigenvalue weighted by molar-refractivity contribution is -0.159. The smallest absolute Gasteiger partial charge is 0.414 e. The van der Waals surface area contributed by atoms with Crippen LogP contribution in [0.15, 0.2) is 36.4 Å². The second kappa shape index (κ2) is 13.5. The van der Waals surface area contributed by atoms with Gasteiger partial charge in [0, 0.05) is 12.6 Å². The molecule has 3 rings (SSSR count). The van der Waals surface area contributed by atoms with E-state index in [-0.39, 0.29) is 29.4 Å². The Morgan fingerprint density at radius 3 is 2.46 bits per heavy atom. The number of aliphatic carboxylic acids is 2. The average molecular weight is 510 g/mol. The number of hydrogen-bond acceptors (Lipinski definition) is 8. The van der Waals surface area contributed by atoms with E-state index in [4.69, 9.17) is 40.9 Å². The number of carbonyl (C=O) groups is 3. The molecule has 35 heavy (non-hydrogen) atoms. The number of nitrogens with one attached hydrogen (secondary N) is 1. The van der Waals surface area contributed by atoms with Gasteiger partial charge < -0.3 is 35.2 Å². The predicted molar refractivity (Wildman–Crippen MR) is 126 cm³/mol. The van der Waals surface area contributed by atoms with Crippen LogP contribution in [0.25, 0.3) is 0 Å². The number of phenolic OH excluding ortho intramolecular Hbond substituents is 1. The van der Waals surface area contributed by atoms with Crippen LogP contribution in [-0.2, 0) is 32.0 Å². The molecule has 1 unspecified atom stereocenters. The lowest BCUT2D eigenvalue weighted by atomic mass is 9.88. The molecule has 5 N–H and O–H groups in total. The van der Waals surface area contributed by atoms with Crippen molar-refractivity contribution < 1.29 is 44.3 Å². The van der Waals surface area contributed by atoms with Gasteiger partial charge in [-0.25, -0.2) is 14.4 Å². The van der Waals surface area contributed by atoms with Crippen LogP contribution in [0.5, 0.6) is 11.5 Å². The maximum absolute atomic E-state index is 11.5. The van der Waals surface area contributed by atoms with Gasteiger partial charge in [-0.1, -0.05) is 23.7 Å². The number of fused-ring (bicyclic) bond motifs is 1. The number of benzene rings is 2. The monoisotopic (exact) mass is 509 g/mol. The summed E-state index contributed by atoms with van der Waals surface area (Å²) in [6, 6.07) is 10.8. The van der Waals surface area contributed by atoms with E-state index < -0.39 is 18.0 Å². The van der Waals surface area contributed by atoms with Crippen molar-refractivity contribution in [2.75, 3.05) is 19.8 Å². The third-order valence-corrected chi connectivity index (χ3v) is 5.51. The minimum atomic E-state index is -1.82. The first-order valence-electron chi connectivity index (χ1n) is 10.9. The number of aromatic hydroxyl groups is 1. The van der Waals surface area contributed by atoms with Crippen LogP contribution in [0.1, 0.15) is 36.1 Å². The zero-order chi connectivity index (χ0) is 26.0. The minimum absolute atomic E-state index is 0.000410. The molecule has 10 nitrogen and oxygen atoms in total. The fourth-order valence-corrected chi connectivity index (χ4v) is 3.66. The molecule has 0 saturated heterocycles. The Labute approximate surface area is 207 Å². The molecule has 2 aromatic carbocycles. The van der Waals surface area contributed by atoms with Crippen molar-refractivity contribution in [3.8, 4) is 11.5 Å². The highest BCUT2D eigenvalue weighted by atomic mass is 35.5. The number of carbonyl (C=O) groups excluding carboxylic acids is 1. The molecule has 0 aliphatic heterocycles. The largest absolute Gasteiger partial charge is 0.506 e. The van der Waals surface area contributed by atoms with Crippen LogP contribution in [0.4, 0.5) is 0 Å². The molecule has 190 valence electrons. The zero-order valence-electron chi connectivity index (χ0n) is 19.1. The predicted octanol–water partition coefficient (Wildman–Crippen LogP) is 2.32. The molecule has 0 aromatic heterocycles. The van der Waals surface area contributed by atoms with Crippen LogP contribution in [0.2, 0.25) is 5.02 Å². The number of carboxylic acid groups (broad SMARTS) is 2. The topological polar surface area (TPSA) is 163 Å². The Morgan fingerprint density at radius 1 is 1.11 bits per heavy atom. The third kappa shape index (κ3) is 9.08. The summed E-state index contributed by atoms with van der Waals surface area (Å²) >= 11 is 5.92. The van der Waals surface area contributed by atoms with Crippen molar-refractivity contribution in [2.24, 2.45) is 0 Å². The molecule has 0 heterocycles. The summed E-state index contributed by atoms with van der Waals surface area (Å²) in [5.41, 5.74) is 3.11. The standard InChI is InChI=1S/C22H26ClNO5.C2H2O4/c1-2-28-22(27)13-29-18-7-4-14-3-6-17(9-16(14)10-18)24-12-21(26)15-5-8-20(25)19(23)11-15;3-1(4)2(5)6/h4-5,7-8,10-11,17,21,24-26H,2-3,6,9,12-13H2,1H3;(H,3,4)(H,5,6)/t17?,21-;/m1./s1. The van der Waals surface area contributed by atoms with Crippen LogP contribution in [0.3, 0.4) is 0 Å². The van der Waals surface area contributed by atoms with Gasteiger partial charge in [-0.2, -0.15) is 0 Å². The van der Waals surface area contributed by atoms with Crippen LogP contribution in [0, 0.1) is 0 Å². The van der Waals surface area contributed by atoms with Gasteiger partial charge in [0.25, 0.3) is 0 Å². The van der Waals surface area contributed by atoms with Gasteiger partial charge in [-0.3, -0.25) is 0 Å². The first-order chi connectivity index (χ1) is 16.6. The van der Waals surface area contributed by atoms with Crippen molar-refractivity contribution in [3.05, 3.63) is 58.1 Å². The molecular weight excluding hydrogens is 482 g/mol. The van der Waals surface area contributed by atoms with E-state index in [1.165, 1.54) is 17.2 Å². The summed E-state index contributed by atoms with van der Waals surface area (Å²) in [6.45, 7) is 2.38. The molecule has 0 fully saturated rings. The Kier molecular flexibility index (Phi) is 10.8. The van der Waals surface area contributed by atoms with Gasteiger partial charge in [0.1, 0.15) is 11.5 Å². The number of aliphatic hydroxyl groups excluding tert-OH is 1. The molecule has 0 bridgehead atoms. The highest BCUT2D eigenvalue weighted by Crippen LogP contribution is 2.28. The first-order valence-corrected chi connectivity index (χ1v) is 11.2. The molecule has 1 aliphatic carbocycles. The normalized spacial score (nSPS) is 15.1. The highest BCUT2D eigenvalue weighted by molar-refractivity contribution is 6.32. The number of aryl methyl sites for hydroxylation is 1. The third-order valence-electron chi connectivity index (χ3n) is 5.21. The van der Waals surface area contributed by atoms with E-state index in [2.05, 4.69) is 5.32 Å². The summed E-state index contributed by atoms with van der Waals surface area (Å²) < 4.78 is 10.4. The average Bonchev–Trinajstić information content (AvgIpc) is 2.83. The van der Waals surface area contributed by atoms with Crippen LogP contribution < -0.4 is 10.1 Å². The Morgan fingerprint density at radius 2 is 1.83 bits per heavy atom. The number of phenols is 1. The number of hydrogen-bond donors (Lipinski definition) is 5. The minimum Gasteiger partial charge on any atom is -0.506 e. The summed E-state index contributed by atoms with van der Waals surface area (Å²) in [7, 11) is 0. The second-order valence-corrected chi connectivity index (χ2v) is 8.12. The van der Waals surface area contributed by atoms with E-state index in [1.807, 2.05) is 18.2 Å². The number of aliphatic hydroxyl groups is 1. The maximum atomic E-state index is 11.5. The number of carboxylic acids is 2. The first kappa shape index (κ1) is 27.9. The molecule has 0 spiro atoms. The van der Waals surface area contributed by atoms with Crippen LogP contribution in [-0.4, -0.2) is 64.1 Å². The van der Waals surface area contributed by atoms with Crippen molar-refractivity contribution in [1.82, 2.24) is 5.32 Å². The van der Waals surface area contributed by atoms with Gasteiger partial charge in [0.15, 0.2) is 6.61 Å². The number of rotatable bonds is 8. The Bertz CT molecular complexity index is 1030. The fraction of sp³-hybridized carbons (Fsp3) is 0.375. The summed E-state index contributed by atoms with van der Waals surface area (Å²) in [4.78, 5) is 29.7. The molecule has 0 amide bonds. The fourth-order valence-electron chi connectivity index (χ4n) is 3.47. The van der Waals surface area contributed by atoms with Gasteiger partial charge in [0.2, 0.25) is 0 Å². The van der Waals surface area contributed by atoms with E-state index in [0.29, 0.717) is 24.5 Å². The quantitative estimate of drug-likeness (QED) is 0.263. The number of esters is 1. The number of halogens is 1. The lowest BCUT2D eigenvalue weighted by Crippen LogP contribution is -2.37. The molecule has 2 aromatic rings. The van der Waals surface area contributed by atoms with Crippen LogP contribution >= 0.6 is 11.6 Å².